The van der Waals surface area contributed by atoms with Crippen LogP contribution >= 0.6 is 0 Å². The first kappa shape index (κ1) is 6.28. The van der Waals surface area contributed by atoms with Gasteiger partial charge in [-0.1, -0.05) is 18.2 Å². The zero-order valence-corrected chi connectivity index (χ0v) is 5.95. The molecule has 11 heavy (non-hydrogen) atoms. The SMILES string of the molecule is O=[N+]1C=Cc2[c]cccc2C1. The van der Waals surface area contributed by atoms with E-state index in [-0.39, 0.29) is 0 Å². The van der Waals surface area contributed by atoms with E-state index in [1.807, 2.05) is 18.2 Å². The summed E-state index contributed by atoms with van der Waals surface area (Å²) in [6.07, 6.45) is 3.31. The zero-order chi connectivity index (χ0) is 7.68. The second kappa shape index (κ2) is 2.31. The third-order valence-electron chi connectivity index (χ3n) is 1.71. The van der Waals surface area contributed by atoms with Gasteiger partial charge in [-0.25, -0.2) is 0 Å². The maximum Gasteiger partial charge on any atom is 0.224 e. The van der Waals surface area contributed by atoms with Crippen LogP contribution in [0.15, 0.2) is 24.4 Å². The lowest BCUT2D eigenvalue weighted by molar-refractivity contribution is -0.496. The number of hydrogen-bond donors (Lipinski definition) is 0. The Balaban J connectivity index is 2.54. The summed E-state index contributed by atoms with van der Waals surface area (Å²) < 4.78 is 0.913. The molecular formula is C9H7NO+. The fourth-order valence-corrected chi connectivity index (χ4v) is 1.16. The molecule has 2 nitrogen and oxygen atoms in total. The highest BCUT2D eigenvalue weighted by Gasteiger charge is 2.14. The van der Waals surface area contributed by atoms with Crippen LogP contribution in [-0.2, 0) is 6.54 Å². The molecule has 1 aliphatic rings. The summed E-state index contributed by atoms with van der Waals surface area (Å²) in [7, 11) is 0. The molecule has 1 aromatic rings. The van der Waals surface area contributed by atoms with Crippen LogP contribution in [0.3, 0.4) is 0 Å². The van der Waals surface area contributed by atoms with Gasteiger partial charge in [0.15, 0.2) is 0 Å². The smallest absolute Gasteiger partial charge is 0.0611 e. The van der Waals surface area contributed by atoms with Gasteiger partial charge < -0.3 is 0 Å². The third kappa shape index (κ3) is 1.07. The Bertz CT molecular complexity index is 328. The average molecular weight is 145 g/mol. The van der Waals surface area contributed by atoms with Crippen molar-refractivity contribution in [1.29, 1.82) is 0 Å². The highest BCUT2D eigenvalue weighted by Crippen LogP contribution is 2.15. The molecule has 0 spiro atoms. The predicted molar refractivity (Wildman–Crippen MR) is 41.6 cm³/mol. The van der Waals surface area contributed by atoms with Crippen molar-refractivity contribution in [3.63, 3.8) is 0 Å². The molecule has 1 radical (unpaired) electrons. The Morgan fingerprint density at radius 1 is 1.55 bits per heavy atom. The summed E-state index contributed by atoms with van der Waals surface area (Å²) in [5.74, 6) is 0. The Hall–Kier alpha value is -1.44. The first-order valence-electron chi connectivity index (χ1n) is 3.48. The summed E-state index contributed by atoms with van der Waals surface area (Å²) in [6, 6.07) is 8.75. The monoisotopic (exact) mass is 145 g/mol. The van der Waals surface area contributed by atoms with E-state index in [0.717, 1.165) is 15.9 Å². The number of nitroso groups, excluding NO2 is 1. The van der Waals surface area contributed by atoms with E-state index in [0.29, 0.717) is 6.54 Å². The second-order valence-electron chi connectivity index (χ2n) is 2.50. The van der Waals surface area contributed by atoms with Crippen molar-refractivity contribution in [2.45, 2.75) is 6.54 Å². The van der Waals surface area contributed by atoms with Crippen molar-refractivity contribution in [3.8, 4) is 0 Å². The van der Waals surface area contributed by atoms with Crippen LogP contribution in [0.1, 0.15) is 11.1 Å². The standard InChI is InChI=1S/C9H7NO/c11-10-6-5-8-3-1-2-4-9(8)7-10/h1-2,4-6H,7H2/q+1. The number of hydrogen-bond acceptors (Lipinski definition) is 1. The number of fused-ring (bicyclic) bond motifs is 1. The van der Waals surface area contributed by atoms with Gasteiger partial charge in [-0.15, -0.1) is 0 Å². The first-order valence-corrected chi connectivity index (χ1v) is 3.48. The van der Waals surface area contributed by atoms with Crippen LogP contribution in [0.4, 0.5) is 0 Å². The summed E-state index contributed by atoms with van der Waals surface area (Å²) >= 11 is 0. The van der Waals surface area contributed by atoms with Gasteiger partial charge in [0.05, 0.1) is 0 Å². The van der Waals surface area contributed by atoms with Crippen LogP contribution in [0, 0.1) is 11.0 Å². The molecule has 1 aromatic carbocycles. The molecule has 0 N–H and O–H groups in total. The quantitative estimate of drug-likeness (QED) is 0.509. The molecular weight excluding hydrogens is 138 g/mol. The van der Waals surface area contributed by atoms with Crippen molar-refractivity contribution >= 4 is 6.08 Å². The molecule has 0 unspecified atom stereocenters. The Labute approximate surface area is 64.7 Å². The predicted octanol–water partition coefficient (Wildman–Crippen LogP) is 1.75. The van der Waals surface area contributed by atoms with Crippen molar-refractivity contribution in [2.24, 2.45) is 0 Å². The van der Waals surface area contributed by atoms with E-state index in [4.69, 9.17) is 0 Å². The third-order valence-corrected chi connectivity index (χ3v) is 1.71. The maximum atomic E-state index is 10.8. The number of benzene rings is 1. The van der Waals surface area contributed by atoms with E-state index in [9.17, 15) is 4.91 Å². The van der Waals surface area contributed by atoms with Gasteiger partial charge in [0.25, 0.3) is 0 Å². The molecule has 1 aliphatic heterocycles. The van der Waals surface area contributed by atoms with Crippen LogP contribution in [0.2, 0.25) is 0 Å². The minimum absolute atomic E-state index is 0.448. The summed E-state index contributed by atoms with van der Waals surface area (Å²) in [5, 5.41) is 0. The van der Waals surface area contributed by atoms with Gasteiger partial charge >= 0.3 is 0 Å². The molecule has 53 valence electrons. The molecule has 2 rings (SSSR count). The van der Waals surface area contributed by atoms with Crippen LogP contribution in [-0.4, -0.2) is 4.76 Å². The summed E-state index contributed by atoms with van der Waals surface area (Å²) in [6.45, 7) is 0.448. The van der Waals surface area contributed by atoms with E-state index in [1.54, 1.807) is 6.08 Å². The van der Waals surface area contributed by atoms with E-state index >= 15 is 0 Å². The second-order valence-corrected chi connectivity index (χ2v) is 2.50. The molecule has 0 bridgehead atoms. The maximum absolute atomic E-state index is 10.8. The molecule has 1 heterocycles. The highest BCUT2D eigenvalue weighted by molar-refractivity contribution is 5.52. The van der Waals surface area contributed by atoms with Crippen LogP contribution < -0.4 is 0 Å². The van der Waals surface area contributed by atoms with Crippen molar-refractivity contribution in [3.05, 3.63) is 46.5 Å². The molecule has 2 heteroatoms. The molecule has 0 saturated heterocycles. The van der Waals surface area contributed by atoms with E-state index < -0.39 is 0 Å². The van der Waals surface area contributed by atoms with Crippen molar-refractivity contribution in [2.75, 3.05) is 0 Å². The Morgan fingerprint density at radius 3 is 3.36 bits per heavy atom. The first-order chi connectivity index (χ1) is 5.36. The minimum atomic E-state index is 0.448. The fourth-order valence-electron chi connectivity index (χ4n) is 1.16. The molecule has 0 amide bonds. The molecule has 0 saturated carbocycles. The van der Waals surface area contributed by atoms with Gasteiger partial charge in [0.1, 0.15) is 0 Å². The fraction of sp³-hybridized carbons (Fsp3) is 0.111. The zero-order valence-electron chi connectivity index (χ0n) is 5.95. The highest BCUT2D eigenvalue weighted by atomic mass is 16.3. The minimum Gasteiger partial charge on any atom is -0.0611 e. The van der Waals surface area contributed by atoms with Crippen LogP contribution in [0.25, 0.3) is 6.08 Å². The molecule has 0 fully saturated rings. The number of rotatable bonds is 0. The summed E-state index contributed by atoms with van der Waals surface area (Å²) in [4.78, 5) is 10.8. The van der Waals surface area contributed by atoms with E-state index in [1.165, 1.54) is 6.20 Å². The van der Waals surface area contributed by atoms with E-state index in [2.05, 4.69) is 6.07 Å². The largest absolute Gasteiger partial charge is 0.224 e. The van der Waals surface area contributed by atoms with Gasteiger partial charge in [0.2, 0.25) is 12.7 Å². The molecule has 0 atom stereocenters. The van der Waals surface area contributed by atoms with Gasteiger partial charge in [-0.3, -0.25) is 0 Å². The normalized spacial score (nSPS) is 14.7. The Morgan fingerprint density at radius 2 is 2.45 bits per heavy atom. The van der Waals surface area contributed by atoms with Crippen LogP contribution in [0.5, 0.6) is 0 Å². The molecule has 0 aliphatic carbocycles. The van der Waals surface area contributed by atoms with Gasteiger partial charge in [-0.2, -0.15) is 0 Å². The van der Waals surface area contributed by atoms with Crippen molar-refractivity contribution in [1.82, 2.24) is 0 Å². The van der Waals surface area contributed by atoms with Gasteiger partial charge in [0, 0.05) is 21.3 Å². The number of nitrogens with zero attached hydrogens (tertiary/aromatic N) is 1. The van der Waals surface area contributed by atoms with Crippen molar-refractivity contribution < 1.29 is 4.76 Å². The lowest BCUT2D eigenvalue weighted by atomic mass is 10.1. The topological polar surface area (TPSA) is 20.1 Å². The summed E-state index contributed by atoms with van der Waals surface area (Å²) in [5.41, 5.74) is 2.07. The lowest BCUT2D eigenvalue weighted by Gasteiger charge is -2.01. The average Bonchev–Trinajstić information content (AvgIpc) is 2.04. The molecule has 0 aromatic heterocycles. The van der Waals surface area contributed by atoms with Gasteiger partial charge in [-0.05, 0) is 11.6 Å². The lowest BCUT2D eigenvalue weighted by Crippen LogP contribution is -2.05. The Kier molecular flexibility index (Phi) is 1.32.